The maximum absolute atomic E-state index is 13.4. The molecule has 1 fully saturated rings. The Morgan fingerprint density at radius 3 is 2.46 bits per heavy atom. The molecule has 1 atom stereocenters. The molecule has 0 aromatic heterocycles. The number of rotatable bonds is 10. The molecule has 0 spiro atoms. The molecule has 1 N–H and O–H groups in total. The topological polar surface area (TPSA) is 50.8 Å². The minimum absolute atomic E-state index is 0. The second kappa shape index (κ2) is 13.1. The first-order valence-electron chi connectivity index (χ1n) is 11.8. The minimum Gasteiger partial charge on any atom is -0.493 e. The fourth-order valence-electron chi connectivity index (χ4n) is 4.25. The molecule has 1 amide bonds. The Morgan fingerprint density at radius 2 is 1.74 bits per heavy atom. The van der Waals surface area contributed by atoms with Gasteiger partial charge < -0.3 is 19.7 Å². The third kappa shape index (κ3) is 7.20. The molecule has 1 heterocycles. The normalized spacial score (nSPS) is 13.7. The second-order valence-electron chi connectivity index (χ2n) is 8.48. The molecule has 0 saturated carbocycles. The van der Waals surface area contributed by atoms with Crippen LogP contribution >= 0.6 is 12.4 Å². The van der Waals surface area contributed by atoms with Crippen LogP contribution in [0.5, 0.6) is 11.5 Å². The van der Waals surface area contributed by atoms with E-state index >= 15 is 0 Å². The summed E-state index contributed by atoms with van der Waals surface area (Å²) < 4.78 is 24.8. The zero-order valence-corrected chi connectivity index (χ0v) is 20.7. The standard InChI is InChI=1S/C28H31FN2O3.ClH/c1-33-26-19-21(12-13-25(26)34-20-22-8-7-11-24(29)18-22)14-15-30-27(23-9-3-2-4-10-23)28(32)31-16-5-6-17-31;/h2-4,7-13,18-19,27,30H,5-6,14-17,20H2,1H3;1H. The number of likely N-dealkylation sites (tertiary alicyclic amines) is 1. The van der Waals surface area contributed by atoms with Crippen molar-refractivity contribution in [3.05, 3.63) is 95.3 Å². The van der Waals surface area contributed by atoms with Crippen molar-refractivity contribution in [2.45, 2.75) is 31.9 Å². The predicted octanol–water partition coefficient (Wildman–Crippen LogP) is 5.33. The Hall–Kier alpha value is -3.09. The molecule has 35 heavy (non-hydrogen) atoms. The molecule has 5 nitrogen and oxygen atoms in total. The largest absolute Gasteiger partial charge is 0.493 e. The van der Waals surface area contributed by atoms with E-state index in [9.17, 15) is 9.18 Å². The van der Waals surface area contributed by atoms with Crippen LogP contribution in [0.2, 0.25) is 0 Å². The zero-order chi connectivity index (χ0) is 23.8. The molecule has 3 aromatic carbocycles. The number of carbonyl (C=O) groups is 1. The quantitative estimate of drug-likeness (QED) is 0.410. The third-order valence-electron chi connectivity index (χ3n) is 6.07. The summed E-state index contributed by atoms with van der Waals surface area (Å²) in [5.41, 5.74) is 2.81. The maximum atomic E-state index is 13.4. The fraction of sp³-hybridized carbons (Fsp3) is 0.321. The molecule has 7 heteroatoms. The molecule has 1 unspecified atom stereocenters. The monoisotopic (exact) mass is 498 g/mol. The Kier molecular flexibility index (Phi) is 9.94. The van der Waals surface area contributed by atoms with Gasteiger partial charge in [-0.25, -0.2) is 4.39 Å². The number of benzene rings is 3. The van der Waals surface area contributed by atoms with Crippen molar-refractivity contribution in [1.82, 2.24) is 10.2 Å². The molecule has 0 bridgehead atoms. The molecule has 186 valence electrons. The van der Waals surface area contributed by atoms with Gasteiger partial charge in [-0.3, -0.25) is 4.79 Å². The van der Waals surface area contributed by atoms with Gasteiger partial charge >= 0.3 is 0 Å². The van der Waals surface area contributed by atoms with Crippen molar-refractivity contribution in [2.75, 3.05) is 26.7 Å². The first-order chi connectivity index (χ1) is 16.6. The van der Waals surface area contributed by atoms with Gasteiger partial charge in [-0.2, -0.15) is 0 Å². The summed E-state index contributed by atoms with van der Waals surface area (Å²) in [6.45, 7) is 2.56. The highest BCUT2D eigenvalue weighted by Gasteiger charge is 2.27. The van der Waals surface area contributed by atoms with Gasteiger partial charge in [0, 0.05) is 19.6 Å². The first-order valence-corrected chi connectivity index (χ1v) is 11.8. The van der Waals surface area contributed by atoms with Crippen LogP contribution < -0.4 is 14.8 Å². The average Bonchev–Trinajstić information content (AvgIpc) is 3.41. The van der Waals surface area contributed by atoms with Gasteiger partial charge in [0.1, 0.15) is 18.5 Å². The van der Waals surface area contributed by atoms with E-state index in [1.165, 1.54) is 12.1 Å². The molecule has 1 aliphatic heterocycles. The van der Waals surface area contributed by atoms with Crippen molar-refractivity contribution in [2.24, 2.45) is 0 Å². The van der Waals surface area contributed by atoms with Crippen LogP contribution in [0, 0.1) is 5.82 Å². The van der Waals surface area contributed by atoms with E-state index in [0.717, 1.165) is 49.0 Å². The number of nitrogens with one attached hydrogen (secondary N) is 1. The average molecular weight is 499 g/mol. The second-order valence-corrected chi connectivity index (χ2v) is 8.48. The number of amides is 1. The van der Waals surface area contributed by atoms with Gasteiger partial charge in [-0.05, 0) is 60.2 Å². The first kappa shape index (κ1) is 26.5. The smallest absolute Gasteiger partial charge is 0.244 e. The van der Waals surface area contributed by atoms with Gasteiger partial charge in [0.05, 0.1) is 7.11 Å². The number of halogens is 2. The van der Waals surface area contributed by atoms with Crippen LogP contribution in [-0.2, 0) is 17.8 Å². The van der Waals surface area contributed by atoms with Gasteiger partial charge in [-0.15, -0.1) is 12.4 Å². The number of nitrogens with zero attached hydrogens (tertiary/aromatic N) is 1. The number of carbonyl (C=O) groups excluding carboxylic acids is 1. The predicted molar refractivity (Wildman–Crippen MR) is 138 cm³/mol. The molecule has 0 aliphatic carbocycles. The van der Waals surface area contributed by atoms with Crippen LogP contribution in [0.1, 0.15) is 35.6 Å². The van der Waals surface area contributed by atoms with E-state index in [2.05, 4.69) is 5.32 Å². The van der Waals surface area contributed by atoms with Crippen LogP contribution in [-0.4, -0.2) is 37.6 Å². The summed E-state index contributed by atoms with van der Waals surface area (Å²) in [5.74, 6) is 1.09. The highest BCUT2D eigenvalue weighted by molar-refractivity contribution is 5.85. The lowest BCUT2D eigenvalue weighted by molar-refractivity contribution is -0.132. The summed E-state index contributed by atoms with van der Waals surface area (Å²) in [6, 6.07) is 21.7. The zero-order valence-electron chi connectivity index (χ0n) is 19.9. The Balaban J connectivity index is 0.00000342. The summed E-state index contributed by atoms with van der Waals surface area (Å²) in [7, 11) is 1.60. The molecule has 0 radical (unpaired) electrons. The Morgan fingerprint density at radius 1 is 0.971 bits per heavy atom. The lowest BCUT2D eigenvalue weighted by Crippen LogP contribution is -2.40. The highest BCUT2D eigenvalue weighted by Crippen LogP contribution is 2.29. The van der Waals surface area contributed by atoms with Gasteiger partial charge in [0.15, 0.2) is 11.5 Å². The molecule has 3 aromatic rings. The maximum Gasteiger partial charge on any atom is 0.244 e. The van der Waals surface area contributed by atoms with Crippen LogP contribution in [0.4, 0.5) is 4.39 Å². The SMILES string of the molecule is COc1cc(CCNC(C(=O)N2CCCC2)c2ccccc2)ccc1OCc1cccc(F)c1.Cl. The summed E-state index contributed by atoms with van der Waals surface area (Å²) in [4.78, 5) is 15.1. The van der Waals surface area contributed by atoms with Crippen molar-refractivity contribution < 1.29 is 18.7 Å². The van der Waals surface area contributed by atoms with Crippen molar-refractivity contribution in [1.29, 1.82) is 0 Å². The van der Waals surface area contributed by atoms with E-state index in [-0.39, 0.29) is 36.8 Å². The number of ether oxygens (including phenoxy) is 2. The summed E-state index contributed by atoms with van der Waals surface area (Å²) in [5, 5.41) is 3.47. The number of hydrogen-bond acceptors (Lipinski definition) is 4. The summed E-state index contributed by atoms with van der Waals surface area (Å²) in [6.07, 6.45) is 2.87. The molecular formula is C28H32ClFN2O3. The van der Waals surface area contributed by atoms with Gasteiger partial charge in [-0.1, -0.05) is 48.5 Å². The number of hydrogen-bond donors (Lipinski definition) is 1. The van der Waals surface area contributed by atoms with E-state index in [0.29, 0.717) is 18.0 Å². The van der Waals surface area contributed by atoms with Crippen LogP contribution in [0.15, 0.2) is 72.8 Å². The third-order valence-corrected chi connectivity index (χ3v) is 6.07. The molecular weight excluding hydrogens is 467 g/mol. The lowest BCUT2D eigenvalue weighted by Gasteiger charge is -2.24. The van der Waals surface area contributed by atoms with Crippen molar-refractivity contribution in [3.8, 4) is 11.5 Å². The number of methoxy groups -OCH3 is 1. The Labute approximate surface area is 212 Å². The van der Waals surface area contributed by atoms with Crippen molar-refractivity contribution >= 4 is 18.3 Å². The molecule has 1 aliphatic rings. The summed E-state index contributed by atoms with van der Waals surface area (Å²) >= 11 is 0. The molecule has 4 rings (SSSR count). The minimum atomic E-state index is -0.352. The fourth-order valence-corrected chi connectivity index (χ4v) is 4.25. The van der Waals surface area contributed by atoms with E-state index < -0.39 is 0 Å². The van der Waals surface area contributed by atoms with Crippen LogP contribution in [0.25, 0.3) is 0 Å². The van der Waals surface area contributed by atoms with Gasteiger partial charge in [0.25, 0.3) is 0 Å². The van der Waals surface area contributed by atoms with E-state index in [1.54, 1.807) is 13.2 Å². The van der Waals surface area contributed by atoms with E-state index in [4.69, 9.17) is 9.47 Å². The van der Waals surface area contributed by atoms with Crippen molar-refractivity contribution in [3.63, 3.8) is 0 Å². The molecule has 1 saturated heterocycles. The van der Waals surface area contributed by atoms with Crippen LogP contribution in [0.3, 0.4) is 0 Å². The highest BCUT2D eigenvalue weighted by atomic mass is 35.5. The van der Waals surface area contributed by atoms with E-state index in [1.807, 2.05) is 59.5 Å². The lowest BCUT2D eigenvalue weighted by atomic mass is 10.0. The Bertz CT molecular complexity index is 1090. The van der Waals surface area contributed by atoms with Gasteiger partial charge in [0.2, 0.25) is 5.91 Å².